The third-order valence-corrected chi connectivity index (χ3v) is 2.47. The van der Waals surface area contributed by atoms with E-state index in [4.69, 9.17) is 5.26 Å². The number of nitrogens with one attached hydrogen (secondary N) is 1. The molecule has 2 rings (SSSR count). The third kappa shape index (κ3) is 1.57. The second-order valence-corrected chi connectivity index (χ2v) is 3.54. The molecule has 1 N–H and O–H groups in total. The van der Waals surface area contributed by atoms with Gasteiger partial charge in [0.1, 0.15) is 17.3 Å². The molecular weight excluding hydrogens is 212 g/mol. The van der Waals surface area contributed by atoms with E-state index in [0.29, 0.717) is 16.2 Å². The Labute approximate surface area is 89.2 Å². The number of aromatic amines is 1. The Hall–Kier alpha value is -1.87. The number of H-pyrrole nitrogens is 1. The summed E-state index contributed by atoms with van der Waals surface area (Å²) in [6, 6.07) is 1.81. The molecule has 5 nitrogen and oxygen atoms in total. The summed E-state index contributed by atoms with van der Waals surface area (Å²) in [5.41, 5.74) is 0.195. The summed E-state index contributed by atoms with van der Waals surface area (Å²) >= 11 is 1.39. The largest absolute Gasteiger partial charge is 0.344 e. The number of nitriles is 1. The maximum absolute atomic E-state index is 11.6. The molecule has 0 saturated carbocycles. The van der Waals surface area contributed by atoms with E-state index in [2.05, 4.69) is 15.0 Å². The molecule has 0 amide bonds. The Morgan fingerprint density at radius 3 is 3.07 bits per heavy atom. The summed E-state index contributed by atoms with van der Waals surface area (Å²) in [7, 11) is 0. The van der Waals surface area contributed by atoms with Crippen LogP contribution in [0.4, 0.5) is 0 Å². The Balaban J connectivity index is 2.81. The summed E-state index contributed by atoms with van der Waals surface area (Å²) in [5.74, 6) is 0. The third-order valence-electron chi connectivity index (χ3n) is 1.91. The van der Waals surface area contributed by atoms with Gasteiger partial charge in [-0.15, -0.1) is 0 Å². The molecule has 74 valence electrons. The van der Waals surface area contributed by atoms with Crippen LogP contribution in [0.25, 0.3) is 11.0 Å². The second kappa shape index (κ2) is 3.71. The first-order valence-corrected chi connectivity index (χ1v) is 5.31. The summed E-state index contributed by atoms with van der Waals surface area (Å²) in [5, 5.41) is 9.59. The first-order valence-electron chi connectivity index (χ1n) is 4.09. The standard InChI is InChI=1S/C9H6N4OS/c1-15-9-12-4-6-7(14)5(2-10)3-11-8(6)13-9/h3-4H,1H3,(H,11,12,13,14). The highest BCUT2D eigenvalue weighted by Crippen LogP contribution is 2.10. The average Bonchev–Trinajstić information content (AvgIpc) is 2.29. The van der Waals surface area contributed by atoms with Crippen LogP contribution in [0.5, 0.6) is 0 Å². The lowest BCUT2D eigenvalue weighted by Crippen LogP contribution is -2.08. The van der Waals surface area contributed by atoms with Crippen molar-refractivity contribution in [3.05, 3.63) is 28.2 Å². The van der Waals surface area contributed by atoms with Crippen LogP contribution >= 0.6 is 11.8 Å². The van der Waals surface area contributed by atoms with Gasteiger partial charge in [0.05, 0.1) is 5.39 Å². The molecule has 0 spiro atoms. The fraction of sp³-hybridized carbons (Fsp3) is 0.111. The number of nitrogens with zero attached hydrogens (tertiary/aromatic N) is 3. The van der Waals surface area contributed by atoms with Gasteiger partial charge >= 0.3 is 0 Å². The normalized spacial score (nSPS) is 10.1. The molecule has 6 heteroatoms. The van der Waals surface area contributed by atoms with Crippen LogP contribution in [-0.4, -0.2) is 21.2 Å². The Morgan fingerprint density at radius 1 is 1.60 bits per heavy atom. The first kappa shape index (κ1) is 9.68. The van der Waals surface area contributed by atoms with Crippen molar-refractivity contribution in [2.24, 2.45) is 0 Å². The zero-order valence-electron chi connectivity index (χ0n) is 7.81. The summed E-state index contributed by atoms with van der Waals surface area (Å²) in [6.45, 7) is 0. The molecule has 0 aliphatic carbocycles. The lowest BCUT2D eigenvalue weighted by atomic mass is 10.2. The maximum Gasteiger partial charge on any atom is 0.210 e. The van der Waals surface area contributed by atoms with Gasteiger partial charge in [-0.05, 0) is 6.26 Å². The van der Waals surface area contributed by atoms with E-state index < -0.39 is 0 Å². The minimum Gasteiger partial charge on any atom is -0.344 e. The molecule has 0 saturated heterocycles. The van der Waals surface area contributed by atoms with Crippen LogP contribution in [0.3, 0.4) is 0 Å². The van der Waals surface area contributed by atoms with Crippen molar-refractivity contribution in [3.63, 3.8) is 0 Å². The molecule has 2 heterocycles. The zero-order valence-corrected chi connectivity index (χ0v) is 8.63. The molecule has 0 fully saturated rings. The van der Waals surface area contributed by atoms with Crippen LogP contribution in [0.15, 0.2) is 22.3 Å². The van der Waals surface area contributed by atoms with Crippen LogP contribution < -0.4 is 5.43 Å². The van der Waals surface area contributed by atoms with Gasteiger partial charge < -0.3 is 4.98 Å². The molecule has 0 unspecified atom stereocenters. The predicted molar refractivity (Wildman–Crippen MR) is 56.7 cm³/mol. The fourth-order valence-electron chi connectivity index (χ4n) is 1.17. The van der Waals surface area contributed by atoms with Gasteiger partial charge in [0, 0.05) is 12.4 Å². The van der Waals surface area contributed by atoms with Crippen LogP contribution in [0.2, 0.25) is 0 Å². The number of hydrogen-bond donors (Lipinski definition) is 1. The van der Waals surface area contributed by atoms with Gasteiger partial charge in [-0.1, -0.05) is 11.8 Å². The highest BCUT2D eigenvalue weighted by Gasteiger charge is 2.06. The highest BCUT2D eigenvalue weighted by molar-refractivity contribution is 7.98. The monoisotopic (exact) mass is 218 g/mol. The van der Waals surface area contributed by atoms with Crippen molar-refractivity contribution in [2.75, 3.05) is 6.26 Å². The zero-order chi connectivity index (χ0) is 10.8. The molecule has 2 aromatic heterocycles. The van der Waals surface area contributed by atoms with E-state index in [1.165, 1.54) is 24.2 Å². The molecule has 0 aromatic carbocycles. The van der Waals surface area contributed by atoms with Gasteiger partial charge in [-0.3, -0.25) is 4.79 Å². The Bertz CT molecular complexity index is 614. The van der Waals surface area contributed by atoms with E-state index in [1.807, 2.05) is 12.3 Å². The number of thioether (sulfide) groups is 1. The van der Waals surface area contributed by atoms with Crippen molar-refractivity contribution in [1.82, 2.24) is 15.0 Å². The molecule has 0 radical (unpaired) electrons. The van der Waals surface area contributed by atoms with Gasteiger partial charge in [-0.25, -0.2) is 9.97 Å². The van der Waals surface area contributed by atoms with E-state index in [1.54, 1.807) is 0 Å². The quantitative estimate of drug-likeness (QED) is 0.568. The molecule has 15 heavy (non-hydrogen) atoms. The van der Waals surface area contributed by atoms with Crippen LogP contribution in [-0.2, 0) is 0 Å². The molecule has 0 bridgehead atoms. The van der Waals surface area contributed by atoms with E-state index in [9.17, 15) is 4.79 Å². The van der Waals surface area contributed by atoms with E-state index in [-0.39, 0.29) is 11.0 Å². The highest BCUT2D eigenvalue weighted by atomic mass is 32.2. The molecule has 0 atom stereocenters. The summed E-state index contributed by atoms with van der Waals surface area (Å²) in [4.78, 5) is 22.5. The van der Waals surface area contributed by atoms with E-state index in [0.717, 1.165) is 0 Å². The second-order valence-electron chi connectivity index (χ2n) is 2.76. The number of hydrogen-bond acceptors (Lipinski definition) is 5. The van der Waals surface area contributed by atoms with E-state index >= 15 is 0 Å². The molecule has 2 aromatic rings. The van der Waals surface area contributed by atoms with Crippen molar-refractivity contribution < 1.29 is 0 Å². The number of aromatic nitrogens is 3. The molecule has 0 aliphatic heterocycles. The number of rotatable bonds is 1. The van der Waals surface area contributed by atoms with Crippen LogP contribution in [0.1, 0.15) is 5.56 Å². The van der Waals surface area contributed by atoms with Crippen molar-refractivity contribution in [1.29, 1.82) is 5.26 Å². The van der Waals surface area contributed by atoms with Gasteiger partial charge in [0.25, 0.3) is 0 Å². The van der Waals surface area contributed by atoms with Crippen molar-refractivity contribution >= 4 is 22.8 Å². The molecular formula is C9H6N4OS. The summed E-state index contributed by atoms with van der Waals surface area (Å²) < 4.78 is 0. The SMILES string of the molecule is CSc1ncc2c(=O)c(C#N)c[nH]c2n1. The lowest BCUT2D eigenvalue weighted by molar-refractivity contribution is 0.989. The summed E-state index contributed by atoms with van der Waals surface area (Å²) in [6.07, 6.45) is 4.65. The lowest BCUT2D eigenvalue weighted by Gasteiger charge is -1.98. The van der Waals surface area contributed by atoms with Gasteiger partial charge in [0.15, 0.2) is 5.16 Å². The molecule has 0 aliphatic rings. The Kier molecular flexibility index (Phi) is 2.39. The minimum atomic E-state index is -0.334. The smallest absolute Gasteiger partial charge is 0.210 e. The van der Waals surface area contributed by atoms with Crippen LogP contribution in [0, 0.1) is 11.3 Å². The minimum absolute atomic E-state index is 0.0722. The fourth-order valence-corrected chi connectivity index (χ4v) is 1.52. The predicted octanol–water partition coefficient (Wildman–Crippen LogP) is 0.912. The van der Waals surface area contributed by atoms with Gasteiger partial charge in [-0.2, -0.15) is 5.26 Å². The average molecular weight is 218 g/mol. The first-order chi connectivity index (χ1) is 7.26. The Morgan fingerprint density at radius 2 is 2.40 bits per heavy atom. The topological polar surface area (TPSA) is 82.4 Å². The van der Waals surface area contributed by atoms with Gasteiger partial charge in [0.2, 0.25) is 5.43 Å². The van der Waals surface area contributed by atoms with Crippen molar-refractivity contribution in [2.45, 2.75) is 5.16 Å². The maximum atomic E-state index is 11.6. The number of fused-ring (bicyclic) bond motifs is 1. The van der Waals surface area contributed by atoms with Crippen molar-refractivity contribution in [3.8, 4) is 6.07 Å². The number of pyridine rings is 1.